The van der Waals surface area contributed by atoms with Gasteiger partial charge in [-0.2, -0.15) is 4.79 Å². The van der Waals surface area contributed by atoms with Gasteiger partial charge in [-0.05, 0) is 6.92 Å². The Morgan fingerprint density at radius 2 is 2.30 bits per heavy atom. The van der Waals surface area contributed by atoms with Crippen LogP contribution in [-0.4, -0.2) is 23.6 Å². The van der Waals surface area contributed by atoms with Crippen molar-refractivity contribution in [3.05, 3.63) is 17.7 Å². The lowest BCUT2D eigenvalue weighted by Gasteiger charge is -1.85. The number of ether oxygens (including phenoxy) is 1. The van der Waals surface area contributed by atoms with Crippen LogP contribution in [0.25, 0.3) is 5.53 Å². The molecule has 0 aromatic carbocycles. The van der Waals surface area contributed by atoms with Crippen molar-refractivity contribution in [2.45, 2.75) is 6.92 Å². The summed E-state index contributed by atoms with van der Waals surface area (Å²) in [5.74, 6) is -0.652. The number of methoxy groups -OCH3 is 1. The Morgan fingerprint density at radius 3 is 2.60 bits per heavy atom. The van der Waals surface area contributed by atoms with Crippen LogP contribution in [0.4, 0.5) is 0 Å². The Labute approximate surface area is 58.7 Å². The number of carbonyl (C=O) groups excluding carboxylic acids is 1. The van der Waals surface area contributed by atoms with Crippen molar-refractivity contribution < 1.29 is 14.3 Å². The van der Waals surface area contributed by atoms with Crippen molar-refractivity contribution in [2.75, 3.05) is 7.11 Å². The Morgan fingerprint density at radius 1 is 1.70 bits per heavy atom. The van der Waals surface area contributed by atoms with E-state index in [-0.39, 0.29) is 5.71 Å². The van der Waals surface area contributed by atoms with Crippen LogP contribution in [-0.2, 0) is 9.53 Å². The molecule has 4 nitrogen and oxygen atoms in total. The van der Waals surface area contributed by atoms with Gasteiger partial charge in [0.15, 0.2) is 0 Å². The molecule has 0 spiro atoms. The van der Waals surface area contributed by atoms with Gasteiger partial charge in [0.25, 0.3) is 0 Å². The minimum absolute atomic E-state index is 0.106. The van der Waals surface area contributed by atoms with Crippen LogP contribution in [0.3, 0.4) is 0 Å². The lowest BCUT2D eigenvalue weighted by atomic mass is 10.3. The highest BCUT2D eigenvalue weighted by Crippen LogP contribution is 1.80. The molecule has 0 aliphatic carbocycles. The quantitative estimate of drug-likeness (QED) is 0.241. The predicted molar refractivity (Wildman–Crippen MR) is 35.5 cm³/mol. The van der Waals surface area contributed by atoms with E-state index in [4.69, 9.17) is 5.53 Å². The summed E-state index contributed by atoms with van der Waals surface area (Å²) in [7, 11) is 1.22. The molecule has 0 heterocycles. The molecule has 0 aromatic heterocycles. The lowest BCUT2D eigenvalue weighted by Crippen LogP contribution is -2.13. The van der Waals surface area contributed by atoms with E-state index in [0.717, 1.165) is 0 Å². The average Bonchev–Trinajstić information content (AvgIpc) is 1.99. The van der Waals surface area contributed by atoms with Crippen LogP contribution in [0.2, 0.25) is 0 Å². The molecule has 0 aliphatic rings. The number of nitrogens with zero attached hydrogens (tertiary/aromatic N) is 2. The van der Waals surface area contributed by atoms with Gasteiger partial charge >= 0.3 is 11.7 Å². The van der Waals surface area contributed by atoms with E-state index in [9.17, 15) is 4.79 Å². The van der Waals surface area contributed by atoms with Gasteiger partial charge in [0, 0.05) is 6.08 Å². The Balaban J connectivity index is 4.39. The third kappa shape index (κ3) is 2.24. The average molecular weight is 140 g/mol. The topological polar surface area (TPSA) is 62.7 Å². The van der Waals surface area contributed by atoms with Gasteiger partial charge in [-0.3, -0.25) is 0 Å². The summed E-state index contributed by atoms with van der Waals surface area (Å²) in [6.07, 6.45) is 2.93. The van der Waals surface area contributed by atoms with Crippen molar-refractivity contribution in [1.29, 1.82) is 0 Å². The molecule has 0 aromatic rings. The third-order valence-electron chi connectivity index (χ3n) is 0.827. The Hall–Kier alpha value is -1.41. The molecule has 4 heteroatoms. The van der Waals surface area contributed by atoms with Crippen LogP contribution in [0.1, 0.15) is 6.92 Å². The number of hydrogen-bond acceptors (Lipinski definition) is 2. The monoisotopic (exact) mass is 140 g/mol. The van der Waals surface area contributed by atoms with E-state index in [1.54, 1.807) is 13.0 Å². The van der Waals surface area contributed by atoms with Gasteiger partial charge in [0.1, 0.15) is 0 Å². The molecule has 54 valence electrons. The maximum Gasteiger partial charge on any atom is 0.421 e. The molecule has 0 aliphatic heterocycles. The second-order valence-corrected chi connectivity index (χ2v) is 1.48. The summed E-state index contributed by atoms with van der Waals surface area (Å²) in [6, 6.07) is 0. The van der Waals surface area contributed by atoms with E-state index in [0.29, 0.717) is 0 Å². The molecule has 0 atom stereocenters. The first-order valence-electron chi connectivity index (χ1n) is 2.69. The minimum atomic E-state index is -0.652. The van der Waals surface area contributed by atoms with Crippen LogP contribution in [0.15, 0.2) is 12.2 Å². The molecule has 0 amide bonds. The second kappa shape index (κ2) is 4.47. The smallest absolute Gasteiger partial charge is 0.421 e. The van der Waals surface area contributed by atoms with Gasteiger partial charge in [-0.15, -0.1) is 0 Å². The SMILES string of the molecule is C/C=C/C(=[N+]=[N-])C(=O)OC. The fourth-order valence-corrected chi connectivity index (χ4v) is 0.405. The molecule has 0 rings (SSSR count). The maximum absolute atomic E-state index is 10.6. The number of esters is 1. The summed E-state index contributed by atoms with van der Waals surface area (Å²) in [4.78, 5) is 13.3. The zero-order valence-corrected chi connectivity index (χ0v) is 5.87. The van der Waals surface area contributed by atoms with Gasteiger partial charge in [0.05, 0.1) is 7.11 Å². The number of carbonyl (C=O) groups is 1. The molecule has 0 radical (unpaired) electrons. The maximum atomic E-state index is 10.6. The third-order valence-corrected chi connectivity index (χ3v) is 0.827. The van der Waals surface area contributed by atoms with E-state index in [1.165, 1.54) is 13.2 Å². The largest absolute Gasteiger partial charge is 0.460 e. The first-order valence-corrected chi connectivity index (χ1v) is 2.69. The second-order valence-electron chi connectivity index (χ2n) is 1.48. The fourth-order valence-electron chi connectivity index (χ4n) is 0.405. The zero-order valence-electron chi connectivity index (χ0n) is 5.87. The van der Waals surface area contributed by atoms with Crippen LogP contribution < -0.4 is 0 Å². The van der Waals surface area contributed by atoms with E-state index < -0.39 is 5.97 Å². The van der Waals surface area contributed by atoms with Crippen LogP contribution >= 0.6 is 0 Å². The standard InChI is InChI=1S/C6H8N2O2/c1-3-4-5(8-7)6(9)10-2/h3-4H,1-2H3/b4-3+. The normalized spacial score (nSPS) is 9.00. The molecule has 10 heavy (non-hydrogen) atoms. The van der Waals surface area contributed by atoms with Crippen molar-refractivity contribution in [3.8, 4) is 0 Å². The summed E-state index contributed by atoms with van der Waals surface area (Å²) >= 11 is 0. The van der Waals surface area contributed by atoms with Gasteiger partial charge in [0.2, 0.25) is 0 Å². The molecular weight excluding hydrogens is 132 g/mol. The molecule has 0 saturated carbocycles. The first kappa shape index (κ1) is 8.59. The predicted octanol–water partition coefficient (Wildman–Crippen LogP) is 0.406. The minimum Gasteiger partial charge on any atom is -0.460 e. The molecular formula is C6H8N2O2. The van der Waals surface area contributed by atoms with Crippen molar-refractivity contribution in [3.63, 3.8) is 0 Å². The van der Waals surface area contributed by atoms with E-state index in [1.807, 2.05) is 0 Å². The molecule has 0 bridgehead atoms. The van der Waals surface area contributed by atoms with Gasteiger partial charge in [-0.25, -0.2) is 4.79 Å². The number of hydrogen-bond donors (Lipinski definition) is 0. The summed E-state index contributed by atoms with van der Waals surface area (Å²) in [6.45, 7) is 1.70. The highest BCUT2D eigenvalue weighted by molar-refractivity contribution is 6.38. The number of rotatable bonds is 2. The van der Waals surface area contributed by atoms with Crippen molar-refractivity contribution in [1.82, 2.24) is 0 Å². The van der Waals surface area contributed by atoms with E-state index in [2.05, 4.69) is 9.53 Å². The van der Waals surface area contributed by atoms with Gasteiger partial charge in [-0.1, -0.05) is 6.08 Å². The van der Waals surface area contributed by atoms with E-state index >= 15 is 0 Å². The van der Waals surface area contributed by atoms with Crippen molar-refractivity contribution >= 4 is 11.7 Å². The van der Waals surface area contributed by atoms with Crippen LogP contribution in [0, 0.1) is 0 Å². The first-order chi connectivity index (χ1) is 4.76. The zero-order chi connectivity index (χ0) is 7.98. The highest BCUT2D eigenvalue weighted by atomic mass is 16.5. The highest BCUT2D eigenvalue weighted by Gasteiger charge is 2.15. The Kier molecular flexibility index (Phi) is 3.84. The van der Waals surface area contributed by atoms with Crippen LogP contribution in [0.5, 0.6) is 0 Å². The fraction of sp³-hybridized carbons (Fsp3) is 0.333. The number of allylic oxidation sites excluding steroid dienone is 1. The summed E-state index contributed by atoms with van der Waals surface area (Å²) in [5.41, 5.74) is 8.09. The lowest BCUT2D eigenvalue weighted by molar-refractivity contribution is -0.137. The summed E-state index contributed by atoms with van der Waals surface area (Å²) < 4.78 is 4.27. The van der Waals surface area contributed by atoms with Crippen molar-refractivity contribution in [2.24, 2.45) is 0 Å². The van der Waals surface area contributed by atoms with Gasteiger partial charge < -0.3 is 10.3 Å². The molecule has 0 saturated heterocycles. The molecule has 0 N–H and O–H groups in total. The molecule has 0 fully saturated rings. The summed E-state index contributed by atoms with van der Waals surface area (Å²) in [5, 5.41) is 0. The molecule has 0 unspecified atom stereocenters. The Bertz CT molecular complexity index is 202.